The van der Waals surface area contributed by atoms with Gasteiger partial charge in [0, 0.05) is 5.57 Å². The van der Waals surface area contributed by atoms with Crippen LogP contribution in [0.2, 0.25) is 0 Å². The average molecular weight is 302 g/mol. The van der Waals surface area contributed by atoms with Crippen molar-refractivity contribution in [3.05, 3.63) is 12.2 Å². The number of rotatable bonds is 11. The summed E-state index contributed by atoms with van der Waals surface area (Å²) in [6.07, 6.45) is 0.972. The highest BCUT2D eigenvalue weighted by atomic mass is 16.5. The van der Waals surface area contributed by atoms with Crippen molar-refractivity contribution >= 4 is 11.9 Å². The average Bonchev–Trinajstić information content (AvgIpc) is 2.43. The lowest BCUT2D eigenvalue weighted by Gasteiger charge is -2.12. The van der Waals surface area contributed by atoms with Gasteiger partial charge in [0.25, 0.3) is 0 Å². The summed E-state index contributed by atoms with van der Waals surface area (Å²) < 4.78 is 9.67. The van der Waals surface area contributed by atoms with Crippen LogP contribution in [-0.4, -0.2) is 47.6 Å². The Balaban J connectivity index is 3.95. The summed E-state index contributed by atoms with van der Waals surface area (Å²) in [6, 6.07) is 0. The number of carbonyl (C=O) groups is 2. The monoisotopic (exact) mass is 302 g/mol. The summed E-state index contributed by atoms with van der Waals surface area (Å²) in [6.45, 7) is 7.08. The van der Waals surface area contributed by atoms with Crippen LogP contribution >= 0.6 is 0 Å². The van der Waals surface area contributed by atoms with E-state index < -0.39 is 24.1 Å². The molecule has 2 atom stereocenters. The van der Waals surface area contributed by atoms with Crippen molar-refractivity contribution in [1.29, 1.82) is 0 Å². The van der Waals surface area contributed by atoms with E-state index in [0.29, 0.717) is 12.8 Å². The van der Waals surface area contributed by atoms with Crippen LogP contribution in [0.15, 0.2) is 12.2 Å². The largest absolute Gasteiger partial charge is 0.463 e. The summed E-state index contributed by atoms with van der Waals surface area (Å²) in [5, 5.41) is 18.8. The predicted molar refractivity (Wildman–Crippen MR) is 77.5 cm³/mol. The molecule has 2 N–H and O–H groups in total. The van der Waals surface area contributed by atoms with Gasteiger partial charge < -0.3 is 19.7 Å². The normalized spacial score (nSPS) is 13.3. The minimum Gasteiger partial charge on any atom is -0.463 e. The van der Waals surface area contributed by atoms with Gasteiger partial charge >= 0.3 is 11.9 Å². The van der Waals surface area contributed by atoms with Crippen molar-refractivity contribution in [3.8, 4) is 0 Å². The third-order valence-corrected chi connectivity index (χ3v) is 2.73. The molecule has 0 aromatic rings. The second-order valence-corrected chi connectivity index (χ2v) is 4.95. The molecule has 0 bridgehead atoms. The molecular formula is C15H26O6. The van der Waals surface area contributed by atoms with E-state index in [2.05, 4.69) is 6.58 Å². The van der Waals surface area contributed by atoms with Gasteiger partial charge in [-0.25, -0.2) is 4.79 Å². The maximum atomic E-state index is 11.5. The van der Waals surface area contributed by atoms with Crippen molar-refractivity contribution in [2.75, 3.05) is 13.2 Å². The lowest BCUT2D eigenvalue weighted by molar-refractivity contribution is -0.149. The Hall–Kier alpha value is -1.40. The van der Waals surface area contributed by atoms with E-state index in [1.54, 1.807) is 0 Å². The number of esters is 2. The highest BCUT2D eigenvalue weighted by Gasteiger charge is 2.16. The van der Waals surface area contributed by atoms with E-state index in [0.717, 1.165) is 12.8 Å². The van der Waals surface area contributed by atoms with Gasteiger partial charge in [0.15, 0.2) is 0 Å². The van der Waals surface area contributed by atoms with Crippen molar-refractivity contribution in [2.24, 2.45) is 0 Å². The predicted octanol–water partition coefficient (Wildman–Crippen LogP) is 1.34. The van der Waals surface area contributed by atoms with Gasteiger partial charge in [0.05, 0.1) is 18.6 Å². The van der Waals surface area contributed by atoms with Crippen molar-refractivity contribution in [1.82, 2.24) is 0 Å². The van der Waals surface area contributed by atoms with E-state index in [1.807, 2.05) is 13.8 Å². The van der Waals surface area contributed by atoms with E-state index in [4.69, 9.17) is 9.47 Å². The third kappa shape index (κ3) is 10.0. The minimum atomic E-state index is -0.726. The molecule has 122 valence electrons. The van der Waals surface area contributed by atoms with E-state index in [1.165, 1.54) is 0 Å². The third-order valence-electron chi connectivity index (χ3n) is 2.73. The first kappa shape index (κ1) is 19.6. The fourth-order valence-electron chi connectivity index (χ4n) is 1.59. The minimum absolute atomic E-state index is 0.0336. The van der Waals surface area contributed by atoms with Gasteiger partial charge in [-0.1, -0.05) is 33.3 Å². The number of ether oxygens (including phenoxy) is 2. The zero-order valence-electron chi connectivity index (χ0n) is 12.8. The molecule has 0 spiro atoms. The maximum Gasteiger partial charge on any atom is 0.334 e. The summed E-state index contributed by atoms with van der Waals surface area (Å²) in [5.41, 5.74) is -0.0336. The molecule has 0 aliphatic heterocycles. The Morgan fingerprint density at radius 1 is 1.00 bits per heavy atom. The Morgan fingerprint density at radius 2 is 1.48 bits per heavy atom. The smallest absolute Gasteiger partial charge is 0.334 e. The highest BCUT2D eigenvalue weighted by Crippen LogP contribution is 2.06. The molecule has 0 fully saturated rings. The molecule has 0 amide bonds. The summed E-state index contributed by atoms with van der Waals surface area (Å²) in [7, 11) is 0. The van der Waals surface area contributed by atoms with Gasteiger partial charge in [-0.15, -0.1) is 0 Å². The lowest BCUT2D eigenvalue weighted by Crippen LogP contribution is -2.22. The summed E-state index contributed by atoms with van der Waals surface area (Å²) in [4.78, 5) is 23.0. The number of hydrogen-bond acceptors (Lipinski definition) is 6. The first-order chi connectivity index (χ1) is 9.90. The SMILES string of the molecule is C=C(CC(=O)OCC(O)CCC)C(=O)OCC(O)CCC. The Kier molecular flexibility index (Phi) is 10.5. The molecule has 0 aliphatic carbocycles. The molecule has 6 heteroatoms. The van der Waals surface area contributed by atoms with Crippen molar-refractivity contribution in [3.63, 3.8) is 0 Å². The van der Waals surface area contributed by atoms with Crippen LogP contribution in [0, 0.1) is 0 Å². The van der Waals surface area contributed by atoms with E-state index in [-0.39, 0.29) is 25.2 Å². The van der Waals surface area contributed by atoms with Crippen molar-refractivity contribution in [2.45, 2.75) is 58.2 Å². The molecule has 21 heavy (non-hydrogen) atoms. The second-order valence-electron chi connectivity index (χ2n) is 4.95. The molecule has 0 heterocycles. The zero-order chi connectivity index (χ0) is 16.3. The fourth-order valence-corrected chi connectivity index (χ4v) is 1.59. The first-order valence-electron chi connectivity index (χ1n) is 7.27. The molecule has 0 aliphatic rings. The van der Waals surface area contributed by atoms with Crippen molar-refractivity contribution < 1.29 is 29.3 Å². The van der Waals surface area contributed by atoms with Gasteiger partial charge in [0.1, 0.15) is 13.2 Å². The first-order valence-corrected chi connectivity index (χ1v) is 7.27. The molecular weight excluding hydrogens is 276 g/mol. The molecule has 2 unspecified atom stereocenters. The molecule has 0 radical (unpaired) electrons. The standard InChI is InChI=1S/C15H26O6/c1-4-6-12(16)9-20-14(18)8-11(3)15(19)21-10-13(17)7-5-2/h12-13,16-17H,3-10H2,1-2H3. The second kappa shape index (κ2) is 11.3. The quantitative estimate of drug-likeness (QED) is 0.442. The topological polar surface area (TPSA) is 93.1 Å². The van der Waals surface area contributed by atoms with E-state index in [9.17, 15) is 19.8 Å². The number of carbonyl (C=O) groups excluding carboxylic acids is 2. The Bertz CT molecular complexity index is 339. The van der Waals surface area contributed by atoms with E-state index >= 15 is 0 Å². The van der Waals surface area contributed by atoms with Gasteiger partial charge in [-0.05, 0) is 12.8 Å². The molecule has 0 aromatic carbocycles. The summed E-state index contributed by atoms with van der Waals surface area (Å²) >= 11 is 0. The zero-order valence-corrected chi connectivity index (χ0v) is 12.8. The van der Waals surface area contributed by atoms with Crippen LogP contribution in [0.1, 0.15) is 46.0 Å². The number of aliphatic hydroxyl groups excluding tert-OH is 2. The Morgan fingerprint density at radius 3 is 1.95 bits per heavy atom. The number of aliphatic hydroxyl groups is 2. The maximum absolute atomic E-state index is 11.5. The van der Waals surface area contributed by atoms with Crippen LogP contribution in [0.3, 0.4) is 0 Å². The van der Waals surface area contributed by atoms with Gasteiger partial charge in [0.2, 0.25) is 0 Å². The Labute approximate surface area is 125 Å². The van der Waals surface area contributed by atoms with Crippen LogP contribution in [0.25, 0.3) is 0 Å². The van der Waals surface area contributed by atoms with Gasteiger partial charge in [-0.3, -0.25) is 4.79 Å². The number of hydrogen-bond donors (Lipinski definition) is 2. The molecule has 0 aromatic heterocycles. The highest BCUT2D eigenvalue weighted by molar-refractivity contribution is 5.93. The molecule has 0 rings (SSSR count). The fraction of sp³-hybridized carbons (Fsp3) is 0.733. The van der Waals surface area contributed by atoms with Crippen LogP contribution in [0.5, 0.6) is 0 Å². The van der Waals surface area contributed by atoms with Crippen LogP contribution in [0.4, 0.5) is 0 Å². The van der Waals surface area contributed by atoms with Gasteiger partial charge in [-0.2, -0.15) is 0 Å². The lowest BCUT2D eigenvalue weighted by atomic mass is 10.2. The molecule has 0 saturated carbocycles. The summed E-state index contributed by atoms with van der Waals surface area (Å²) in [5.74, 6) is -1.36. The van der Waals surface area contributed by atoms with Crippen LogP contribution in [-0.2, 0) is 19.1 Å². The molecule has 6 nitrogen and oxygen atoms in total. The molecule has 0 saturated heterocycles. The van der Waals surface area contributed by atoms with Crippen LogP contribution < -0.4 is 0 Å².